The zero-order valence-electron chi connectivity index (χ0n) is 14.9. The van der Waals surface area contributed by atoms with E-state index in [1.54, 1.807) is 0 Å². The van der Waals surface area contributed by atoms with Crippen molar-refractivity contribution in [2.24, 2.45) is 0 Å². The predicted octanol–water partition coefficient (Wildman–Crippen LogP) is 2.99. The summed E-state index contributed by atoms with van der Waals surface area (Å²) in [6, 6.07) is 7.45. The molecule has 0 spiro atoms. The number of amides is 1. The van der Waals surface area contributed by atoms with Gasteiger partial charge in [-0.25, -0.2) is 4.39 Å². The summed E-state index contributed by atoms with van der Waals surface area (Å²) >= 11 is 0. The molecule has 1 N–H and O–H groups in total. The number of nitrogens with zero attached hydrogens (tertiary/aromatic N) is 2. The van der Waals surface area contributed by atoms with Crippen LogP contribution in [0.4, 0.5) is 4.39 Å². The maximum Gasteiger partial charge on any atom is 0.240 e. The van der Waals surface area contributed by atoms with Crippen molar-refractivity contribution in [2.45, 2.75) is 56.8 Å². The number of halogens is 3. The maximum atomic E-state index is 13.3. The van der Waals surface area contributed by atoms with Crippen LogP contribution in [0.15, 0.2) is 24.3 Å². The number of fused-ring (bicyclic) bond motifs is 2. The highest BCUT2D eigenvalue weighted by Gasteiger charge is 2.42. The van der Waals surface area contributed by atoms with Crippen LogP contribution >= 0.6 is 24.8 Å². The van der Waals surface area contributed by atoms with Crippen LogP contribution in [-0.4, -0.2) is 53.5 Å². The molecule has 0 radical (unpaired) electrons. The highest BCUT2D eigenvalue weighted by molar-refractivity contribution is 5.85. The quantitative estimate of drug-likeness (QED) is 0.842. The van der Waals surface area contributed by atoms with Gasteiger partial charge in [0.1, 0.15) is 5.82 Å². The third-order valence-corrected chi connectivity index (χ3v) is 5.86. The number of rotatable bonds is 3. The Morgan fingerprint density at radius 1 is 1.08 bits per heavy atom. The molecule has 0 aliphatic carbocycles. The molecule has 146 valence electrons. The third kappa shape index (κ3) is 4.33. The SMILES string of the molecule is Cl.Cl.O=C(C1CCCN1Cc1ccc(F)cc1)N1C2CCNCC1CC2. The second-order valence-electron chi connectivity index (χ2n) is 7.38. The Labute approximate surface area is 167 Å². The second kappa shape index (κ2) is 9.36. The summed E-state index contributed by atoms with van der Waals surface area (Å²) in [6.45, 7) is 3.65. The maximum absolute atomic E-state index is 13.3. The molecule has 1 aromatic rings. The molecule has 3 unspecified atom stereocenters. The summed E-state index contributed by atoms with van der Waals surface area (Å²) in [4.78, 5) is 17.8. The van der Waals surface area contributed by atoms with Crippen LogP contribution in [0.2, 0.25) is 0 Å². The van der Waals surface area contributed by atoms with Gasteiger partial charge in [-0.2, -0.15) is 0 Å². The normalized spacial score (nSPS) is 28.2. The van der Waals surface area contributed by atoms with Gasteiger partial charge >= 0.3 is 0 Å². The standard InChI is InChI=1S/C19H26FN3O.2ClH/c20-15-5-3-14(4-6-15)13-22-11-1-2-18(22)19(24)23-16-7-8-17(23)12-21-10-9-16;;/h3-6,16-18,21H,1-2,7-13H2;2*1H. The van der Waals surface area contributed by atoms with E-state index < -0.39 is 0 Å². The van der Waals surface area contributed by atoms with Crippen molar-refractivity contribution in [2.75, 3.05) is 19.6 Å². The van der Waals surface area contributed by atoms with E-state index >= 15 is 0 Å². The molecule has 3 aliphatic heterocycles. The number of hydrogen-bond donors (Lipinski definition) is 1. The topological polar surface area (TPSA) is 35.6 Å². The Bertz CT molecular complexity index is 587. The Balaban J connectivity index is 0.00000121. The fourth-order valence-corrected chi connectivity index (χ4v) is 4.63. The van der Waals surface area contributed by atoms with E-state index in [0.29, 0.717) is 18.0 Å². The van der Waals surface area contributed by atoms with E-state index in [1.165, 1.54) is 12.1 Å². The van der Waals surface area contributed by atoms with Crippen LogP contribution in [0.5, 0.6) is 0 Å². The van der Waals surface area contributed by atoms with Crippen LogP contribution in [0.1, 0.15) is 37.7 Å². The van der Waals surface area contributed by atoms with E-state index in [2.05, 4.69) is 15.1 Å². The monoisotopic (exact) mass is 403 g/mol. The lowest BCUT2D eigenvalue weighted by molar-refractivity contribution is -0.138. The van der Waals surface area contributed by atoms with Gasteiger partial charge in [0.15, 0.2) is 0 Å². The number of carbonyl (C=O) groups excluding carboxylic acids is 1. The van der Waals surface area contributed by atoms with E-state index in [1.807, 2.05) is 12.1 Å². The van der Waals surface area contributed by atoms with E-state index in [-0.39, 0.29) is 36.7 Å². The molecular formula is C19H28Cl2FN3O. The van der Waals surface area contributed by atoms with Crippen molar-refractivity contribution in [3.8, 4) is 0 Å². The number of hydrogen-bond acceptors (Lipinski definition) is 3. The first-order chi connectivity index (χ1) is 11.7. The average molecular weight is 404 g/mol. The number of likely N-dealkylation sites (tertiary alicyclic amines) is 1. The minimum atomic E-state index is -0.207. The number of nitrogens with one attached hydrogen (secondary N) is 1. The molecule has 0 aromatic heterocycles. The summed E-state index contributed by atoms with van der Waals surface area (Å²) in [7, 11) is 0. The van der Waals surface area contributed by atoms with Gasteiger partial charge < -0.3 is 10.2 Å². The van der Waals surface area contributed by atoms with Crippen molar-refractivity contribution < 1.29 is 9.18 Å². The van der Waals surface area contributed by atoms with Gasteiger partial charge in [0.25, 0.3) is 0 Å². The molecule has 7 heteroatoms. The highest BCUT2D eigenvalue weighted by Crippen LogP contribution is 2.31. The van der Waals surface area contributed by atoms with Crippen molar-refractivity contribution in [3.63, 3.8) is 0 Å². The van der Waals surface area contributed by atoms with Crippen molar-refractivity contribution in [3.05, 3.63) is 35.6 Å². The van der Waals surface area contributed by atoms with Crippen LogP contribution in [0, 0.1) is 5.82 Å². The average Bonchev–Trinajstić information content (AvgIpc) is 3.12. The van der Waals surface area contributed by atoms with Gasteiger partial charge in [-0.3, -0.25) is 9.69 Å². The van der Waals surface area contributed by atoms with Crippen LogP contribution < -0.4 is 5.32 Å². The molecule has 26 heavy (non-hydrogen) atoms. The molecule has 1 aromatic carbocycles. The molecule has 3 aliphatic rings. The molecule has 2 bridgehead atoms. The minimum absolute atomic E-state index is 0. The Morgan fingerprint density at radius 3 is 2.58 bits per heavy atom. The molecule has 4 nitrogen and oxygen atoms in total. The Kier molecular flexibility index (Phi) is 7.71. The van der Waals surface area contributed by atoms with Crippen LogP contribution in [0.3, 0.4) is 0 Å². The number of benzene rings is 1. The molecule has 3 fully saturated rings. The van der Waals surface area contributed by atoms with E-state index in [9.17, 15) is 9.18 Å². The predicted molar refractivity (Wildman–Crippen MR) is 105 cm³/mol. The summed E-state index contributed by atoms with van der Waals surface area (Å²) in [5.74, 6) is 0.118. The lowest BCUT2D eigenvalue weighted by atomic mass is 10.1. The summed E-state index contributed by atoms with van der Waals surface area (Å²) < 4.78 is 13.1. The lowest BCUT2D eigenvalue weighted by Crippen LogP contribution is -2.50. The van der Waals surface area contributed by atoms with Crippen molar-refractivity contribution >= 4 is 30.7 Å². The van der Waals surface area contributed by atoms with Gasteiger partial charge in [-0.15, -0.1) is 24.8 Å². The zero-order valence-corrected chi connectivity index (χ0v) is 16.5. The second-order valence-corrected chi connectivity index (χ2v) is 7.38. The van der Waals surface area contributed by atoms with Crippen molar-refractivity contribution in [1.82, 2.24) is 15.1 Å². The Morgan fingerprint density at radius 2 is 1.81 bits per heavy atom. The summed E-state index contributed by atoms with van der Waals surface area (Å²) in [5, 5.41) is 3.47. The molecule has 3 heterocycles. The van der Waals surface area contributed by atoms with Gasteiger partial charge in [-0.05, 0) is 62.9 Å². The Hall–Kier alpha value is -0.880. The summed E-state index contributed by atoms with van der Waals surface area (Å²) in [5.41, 5.74) is 1.08. The third-order valence-electron chi connectivity index (χ3n) is 5.86. The largest absolute Gasteiger partial charge is 0.334 e. The van der Waals surface area contributed by atoms with Crippen LogP contribution in [0.25, 0.3) is 0 Å². The smallest absolute Gasteiger partial charge is 0.240 e. The molecule has 1 amide bonds. The van der Waals surface area contributed by atoms with E-state index in [0.717, 1.165) is 63.8 Å². The van der Waals surface area contributed by atoms with E-state index in [4.69, 9.17) is 0 Å². The molecule has 3 saturated heterocycles. The molecule has 4 rings (SSSR count). The van der Waals surface area contributed by atoms with Gasteiger partial charge in [0.2, 0.25) is 5.91 Å². The number of carbonyl (C=O) groups is 1. The zero-order chi connectivity index (χ0) is 16.5. The van der Waals surface area contributed by atoms with Crippen LogP contribution in [-0.2, 0) is 11.3 Å². The van der Waals surface area contributed by atoms with Gasteiger partial charge in [-0.1, -0.05) is 12.1 Å². The van der Waals surface area contributed by atoms with Gasteiger partial charge in [0.05, 0.1) is 6.04 Å². The summed E-state index contributed by atoms with van der Waals surface area (Å²) in [6.07, 6.45) is 5.38. The molecule has 3 atom stereocenters. The first-order valence-corrected chi connectivity index (χ1v) is 9.24. The highest BCUT2D eigenvalue weighted by atomic mass is 35.5. The first-order valence-electron chi connectivity index (χ1n) is 9.24. The fraction of sp³-hybridized carbons (Fsp3) is 0.632. The van der Waals surface area contributed by atoms with Gasteiger partial charge in [0, 0.05) is 25.2 Å². The van der Waals surface area contributed by atoms with Crippen molar-refractivity contribution in [1.29, 1.82) is 0 Å². The lowest BCUT2D eigenvalue weighted by Gasteiger charge is -2.33. The first kappa shape index (κ1) is 21.4. The molecular weight excluding hydrogens is 376 g/mol. The minimum Gasteiger partial charge on any atom is -0.334 e. The fourth-order valence-electron chi connectivity index (χ4n) is 4.63. The molecule has 0 saturated carbocycles.